The van der Waals surface area contributed by atoms with Crippen LogP contribution in [0.15, 0.2) is 18.3 Å². The molecule has 0 radical (unpaired) electrons. The molecule has 6 nitrogen and oxygen atoms in total. The average Bonchev–Trinajstić information content (AvgIpc) is 3.18. The summed E-state index contributed by atoms with van der Waals surface area (Å²) < 4.78 is 0. The quantitative estimate of drug-likeness (QED) is 0.814. The molecule has 1 atom stereocenters. The number of imide groups is 1. The summed E-state index contributed by atoms with van der Waals surface area (Å²) in [5.41, 5.74) is 0.395. The van der Waals surface area contributed by atoms with E-state index in [9.17, 15) is 14.4 Å². The third-order valence-electron chi connectivity index (χ3n) is 3.56. The fraction of sp³-hybridized carbons (Fsp3) is 0.385. The number of rotatable bonds is 4. The number of nitrogens with zero attached hydrogens (tertiary/aromatic N) is 2. The first-order valence-electron chi connectivity index (χ1n) is 6.14. The van der Waals surface area contributed by atoms with Crippen molar-refractivity contribution in [3.8, 4) is 0 Å². The monoisotopic (exact) mass is 260 g/mol. The second-order valence-corrected chi connectivity index (χ2v) is 4.88. The Morgan fingerprint density at radius 1 is 1.42 bits per heavy atom. The van der Waals surface area contributed by atoms with Crippen molar-refractivity contribution in [3.05, 3.63) is 29.6 Å². The predicted molar refractivity (Wildman–Crippen MR) is 63.5 cm³/mol. The molecule has 1 N–H and O–H groups in total. The Morgan fingerprint density at radius 3 is 2.74 bits per heavy atom. The Hall–Kier alpha value is -2.24. The first kappa shape index (κ1) is 11.8. The van der Waals surface area contributed by atoms with Crippen molar-refractivity contribution in [2.45, 2.75) is 25.3 Å². The maximum absolute atomic E-state index is 12.2. The zero-order valence-corrected chi connectivity index (χ0v) is 10.1. The maximum Gasteiger partial charge on any atom is 0.305 e. The van der Waals surface area contributed by atoms with Gasteiger partial charge in [-0.1, -0.05) is 0 Å². The Labute approximate surface area is 109 Å². The highest BCUT2D eigenvalue weighted by molar-refractivity contribution is 6.20. The summed E-state index contributed by atoms with van der Waals surface area (Å²) in [7, 11) is 0. The van der Waals surface area contributed by atoms with Crippen LogP contribution in [-0.4, -0.2) is 38.8 Å². The molecule has 19 heavy (non-hydrogen) atoms. The van der Waals surface area contributed by atoms with Crippen LogP contribution in [0.1, 0.15) is 40.1 Å². The topological polar surface area (TPSA) is 87.6 Å². The number of carbonyl (C=O) groups excluding carboxylic acids is 2. The number of hydrogen-bond acceptors (Lipinski definition) is 4. The Balaban J connectivity index is 1.95. The second-order valence-electron chi connectivity index (χ2n) is 4.88. The second kappa shape index (κ2) is 4.15. The molecular weight excluding hydrogens is 248 g/mol. The lowest BCUT2D eigenvalue weighted by molar-refractivity contribution is -0.138. The van der Waals surface area contributed by atoms with E-state index in [1.54, 1.807) is 12.1 Å². The summed E-state index contributed by atoms with van der Waals surface area (Å²) in [5.74, 6) is -1.79. The Bertz CT molecular complexity index is 545. The summed E-state index contributed by atoms with van der Waals surface area (Å²) in [4.78, 5) is 40.4. The van der Waals surface area contributed by atoms with Gasteiger partial charge in [0.1, 0.15) is 5.69 Å². The first-order chi connectivity index (χ1) is 9.09. The molecule has 1 aliphatic carbocycles. The van der Waals surface area contributed by atoms with E-state index < -0.39 is 23.8 Å². The summed E-state index contributed by atoms with van der Waals surface area (Å²) in [5, 5.41) is 8.95. The third kappa shape index (κ3) is 1.89. The lowest BCUT2D eigenvalue weighted by atomic mass is 10.1. The van der Waals surface area contributed by atoms with Crippen LogP contribution in [0.4, 0.5) is 0 Å². The lowest BCUT2D eigenvalue weighted by Gasteiger charge is -2.24. The van der Waals surface area contributed by atoms with Crippen molar-refractivity contribution in [3.63, 3.8) is 0 Å². The van der Waals surface area contributed by atoms with Gasteiger partial charge in [0.05, 0.1) is 18.0 Å². The number of carboxylic acid groups (broad SMARTS) is 1. The zero-order chi connectivity index (χ0) is 13.6. The van der Waals surface area contributed by atoms with Crippen molar-refractivity contribution in [1.29, 1.82) is 0 Å². The van der Waals surface area contributed by atoms with Crippen LogP contribution >= 0.6 is 0 Å². The summed E-state index contributed by atoms with van der Waals surface area (Å²) in [6, 6.07) is 2.59. The molecule has 98 valence electrons. The minimum atomic E-state index is -0.999. The van der Waals surface area contributed by atoms with Gasteiger partial charge < -0.3 is 5.11 Å². The Morgan fingerprint density at radius 2 is 2.16 bits per heavy atom. The molecule has 0 saturated heterocycles. The lowest BCUT2D eigenvalue weighted by Crippen LogP contribution is -2.42. The SMILES string of the molecule is O=C(O)CC(C1CC1)N1C(=O)c2cccnc2C1=O. The highest BCUT2D eigenvalue weighted by atomic mass is 16.4. The van der Waals surface area contributed by atoms with E-state index in [4.69, 9.17) is 5.11 Å². The fourth-order valence-electron chi connectivity index (χ4n) is 2.51. The molecule has 1 aromatic heterocycles. The van der Waals surface area contributed by atoms with E-state index in [1.807, 2.05) is 0 Å². The number of hydrogen-bond donors (Lipinski definition) is 1. The van der Waals surface area contributed by atoms with E-state index in [0.29, 0.717) is 0 Å². The van der Waals surface area contributed by atoms with Gasteiger partial charge in [-0.3, -0.25) is 24.3 Å². The van der Waals surface area contributed by atoms with Gasteiger partial charge in [0, 0.05) is 6.20 Å². The van der Waals surface area contributed by atoms with Crippen LogP contribution in [0.2, 0.25) is 0 Å². The van der Waals surface area contributed by atoms with Crippen LogP contribution < -0.4 is 0 Å². The normalized spacial score (nSPS) is 19.5. The van der Waals surface area contributed by atoms with E-state index in [0.717, 1.165) is 17.7 Å². The minimum absolute atomic E-state index is 0.110. The minimum Gasteiger partial charge on any atom is -0.481 e. The van der Waals surface area contributed by atoms with E-state index in [1.165, 1.54) is 6.20 Å². The Kier molecular flexibility index (Phi) is 2.58. The number of aliphatic carboxylic acids is 1. The zero-order valence-electron chi connectivity index (χ0n) is 10.1. The predicted octanol–water partition coefficient (Wildman–Crippen LogP) is 0.931. The van der Waals surface area contributed by atoms with Gasteiger partial charge in [0.15, 0.2) is 0 Å². The molecule has 0 bridgehead atoms. The highest BCUT2D eigenvalue weighted by Gasteiger charge is 2.47. The van der Waals surface area contributed by atoms with Gasteiger partial charge in [-0.15, -0.1) is 0 Å². The standard InChI is InChI=1S/C13H12N2O4/c16-10(17)6-9(7-3-4-7)15-12(18)8-2-1-5-14-11(8)13(15)19/h1-2,5,7,9H,3-4,6H2,(H,16,17). The molecule has 3 rings (SSSR count). The third-order valence-corrected chi connectivity index (χ3v) is 3.56. The molecule has 2 amide bonds. The van der Waals surface area contributed by atoms with Gasteiger partial charge in [0.2, 0.25) is 0 Å². The number of carboxylic acids is 1. The average molecular weight is 260 g/mol. The molecule has 1 aliphatic heterocycles. The van der Waals surface area contributed by atoms with Crippen LogP contribution in [0.5, 0.6) is 0 Å². The molecule has 1 unspecified atom stereocenters. The van der Waals surface area contributed by atoms with E-state index in [2.05, 4.69) is 4.98 Å². The van der Waals surface area contributed by atoms with Gasteiger partial charge in [0.25, 0.3) is 11.8 Å². The molecule has 1 saturated carbocycles. The van der Waals surface area contributed by atoms with Crippen LogP contribution in [0.3, 0.4) is 0 Å². The number of pyridine rings is 1. The maximum atomic E-state index is 12.2. The number of aromatic nitrogens is 1. The molecule has 0 aromatic carbocycles. The van der Waals surface area contributed by atoms with Gasteiger partial charge >= 0.3 is 5.97 Å². The van der Waals surface area contributed by atoms with E-state index in [-0.39, 0.29) is 23.6 Å². The summed E-state index contributed by atoms with van der Waals surface area (Å²) in [6.45, 7) is 0. The molecule has 2 heterocycles. The first-order valence-corrected chi connectivity index (χ1v) is 6.14. The number of carbonyl (C=O) groups is 3. The highest BCUT2D eigenvalue weighted by Crippen LogP contribution is 2.39. The number of amides is 2. The molecule has 6 heteroatoms. The van der Waals surface area contributed by atoms with Crippen LogP contribution in [-0.2, 0) is 4.79 Å². The van der Waals surface area contributed by atoms with Gasteiger partial charge in [-0.25, -0.2) is 0 Å². The van der Waals surface area contributed by atoms with Crippen molar-refractivity contribution < 1.29 is 19.5 Å². The van der Waals surface area contributed by atoms with Gasteiger partial charge in [-0.2, -0.15) is 0 Å². The fourth-order valence-corrected chi connectivity index (χ4v) is 2.51. The smallest absolute Gasteiger partial charge is 0.305 e. The van der Waals surface area contributed by atoms with Crippen molar-refractivity contribution >= 4 is 17.8 Å². The molecule has 2 aliphatic rings. The molecule has 1 aromatic rings. The van der Waals surface area contributed by atoms with Gasteiger partial charge in [-0.05, 0) is 30.9 Å². The van der Waals surface area contributed by atoms with Crippen LogP contribution in [0, 0.1) is 5.92 Å². The summed E-state index contributed by atoms with van der Waals surface area (Å²) >= 11 is 0. The molecule has 0 spiro atoms. The van der Waals surface area contributed by atoms with Crippen LogP contribution in [0.25, 0.3) is 0 Å². The molecular formula is C13H12N2O4. The largest absolute Gasteiger partial charge is 0.481 e. The van der Waals surface area contributed by atoms with E-state index >= 15 is 0 Å². The van der Waals surface area contributed by atoms with Crippen molar-refractivity contribution in [2.75, 3.05) is 0 Å². The summed E-state index contributed by atoms with van der Waals surface area (Å²) in [6.07, 6.45) is 2.98. The van der Waals surface area contributed by atoms with Crippen molar-refractivity contribution in [1.82, 2.24) is 9.88 Å². The number of fused-ring (bicyclic) bond motifs is 1. The molecule has 1 fully saturated rings. The van der Waals surface area contributed by atoms with Crippen molar-refractivity contribution in [2.24, 2.45) is 5.92 Å².